The number of fused-ring (bicyclic) bond motifs is 1. The number of benzene rings is 1. The van der Waals surface area contributed by atoms with E-state index in [4.69, 9.17) is 0 Å². The molecule has 0 atom stereocenters. The highest BCUT2D eigenvalue weighted by Crippen LogP contribution is 2.25. The zero-order chi connectivity index (χ0) is 18.8. The van der Waals surface area contributed by atoms with Crippen molar-refractivity contribution in [1.29, 1.82) is 0 Å². The van der Waals surface area contributed by atoms with Crippen molar-refractivity contribution >= 4 is 28.7 Å². The van der Waals surface area contributed by atoms with Gasteiger partial charge in [-0.1, -0.05) is 42.1 Å². The van der Waals surface area contributed by atoms with Crippen molar-refractivity contribution in [3.8, 4) is 11.4 Å². The minimum atomic E-state index is -0.484. The van der Waals surface area contributed by atoms with Crippen LogP contribution in [0.15, 0.2) is 44.9 Å². The molecule has 1 amide bonds. The second-order valence-electron chi connectivity index (χ2n) is 5.58. The molecule has 0 spiro atoms. The lowest BCUT2D eigenvalue weighted by atomic mass is 10.2. The average molecular weight is 371 g/mol. The van der Waals surface area contributed by atoms with Gasteiger partial charge in [0.2, 0.25) is 5.91 Å². The van der Waals surface area contributed by atoms with E-state index in [1.54, 1.807) is 14.1 Å². The predicted octanol–water partition coefficient (Wildman–Crippen LogP) is 0.532. The number of carbonyl (C=O) groups excluding carboxylic acids is 1. The van der Waals surface area contributed by atoms with Crippen LogP contribution in [0, 0.1) is 0 Å². The molecular formula is C17H17N5O3S. The Bertz CT molecular complexity index is 1110. The maximum Gasteiger partial charge on any atom is 0.332 e. The number of aromatic nitrogens is 4. The van der Waals surface area contributed by atoms with Crippen LogP contribution in [-0.4, -0.2) is 37.8 Å². The molecular weight excluding hydrogens is 354 g/mol. The largest absolute Gasteiger partial charge is 0.358 e. The second-order valence-corrected chi connectivity index (χ2v) is 6.55. The number of hydrogen-bond acceptors (Lipinski definition) is 6. The summed E-state index contributed by atoms with van der Waals surface area (Å²) in [6.45, 7) is 0. The fourth-order valence-corrected chi connectivity index (χ4v) is 3.34. The number of rotatable bonds is 4. The third-order valence-electron chi connectivity index (χ3n) is 3.92. The van der Waals surface area contributed by atoms with Gasteiger partial charge in [-0.25, -0.2) is 14.8 Å². The van der Waals surface area contributed by atoms with Gasteiger partial charge in [0.15, 0.2) is 11.5 Å². The molecule has 2 aromatic heterocycles. The van der Waals surface area contributed by atoms with E-state index in [1.165, 1.54) is 11.6 Å². The van der Waals surface area contributed by atoms with Gasteiger partial charge in [0.1, 0.15) is 10.4 Å². The lowest BCUT2D eigenvalue weighted by Crippen LogP contribution is -2.37. The molecule has 9 heteroatoms. The van der Waals surface area contributed by atoms with Crippen LogP contribution in [0.5, 0.6) is 0 Å². The average Bonchev–Trinajstić information content (AvgIpc) is 2.68. The molecule has 0 bridgehead atoms. The molecule has 0 fully saturated rings. The summed E-state index contributed by atoms with van der Waals surface area (Å²) in [6, 6.07) is 9.25. The van der Waals surface area contributed by atoms with Crippen molar-refractivity contribution < 1.29 is 4.79 Å². The molecule has 26 heavy (non-hydrogen) atoms. The molecule has 2 heterocycles. The number of thioether (sulfide) groups is 1. The van der Waals surface area contributed by atoms with Crippen molar-refractivity contribution in [2.45, 2.75) is 5.03 Å². The summed E-state index contributed by atoms with van der Waals surface area (Å²) in [6.07, 6.45) is 0. The quantitative estimate of drug-likeness (QED) is 0.531. The fourth-order valence-electron chi connectivity index (χ4n) is 2.46. The number of nitrogens with one attached hydrogen (secondary N) is 1. The smallest absolute Gasteiger partial charge is 0.332 e. The van der Waals surface area contributed by atoms with Gasteiger partial charge in [-0.2, -0.15) is 0 Å². The Morgan fingerprint density at radius 1 is 1.12 bits per heavy atom. The van der Waals surface area contributed by atoms with E-state index < -0.39 is 11.2 Å². The first-order valence-electron chi connectivity index (χ1n) is 7.80. The zero-order valence-corrected chi connectivity index (χ0v) is 15.3. The molecule has 3 rings (SSSR count). The molecule has 0 aliphatic heterocycles. The van der Waals surface area contributed by atoms with E-state index in [-0.39, 0.29) is 22.7 Å². The van der Waals surface area contributed by atoms with Crippen molar-refractivity contribution in [1.82, 2.24) is 24.4 Å². The predicted molar refractivity (Wildman–Crippen MR) is 100 cm³/mol. The summed E-state index contributed by atoms with van der Waals surface area (Å²) in [5.74, 6) is 0.300. The van der Waals surface area contributed by atoms with E-state index in [9.17, 15) is 14.4 Å². The summed E-state index contributed by atoms with van der Waals surface area (Å²) in [4.78, 5) is 45.5. The minimum absolute atomic E-state index is 0.100. The van der Waals surface area contributed by atoms with Crippen LogP contribution < -0.4 is 16.6 Å². The third kappa shape index (κ3) is 3.13. The molecule has 0 saturated carbocycles. The summed E-state index contributed by atoms with van der Waals surface area (Å²) >= 11 is 1.14. The van der Waals surface area contributed by atoms with Gasteiger partial charge in [-0.05, 0) is 0 Å². The Morgan fingerprint density at radius 3 is 2.46 bits per heavy atom. The summed E-state index contributed by atoms with van der Waals surface area (Å²) in [5, 5.41) is 3.13. The molecule has 134 valence electrons. The van der Waals surface area contributed by atoms with Gasteiger partial charge in [0, 0.05) is 26.7 Å². The zero-order valence-electron chi connectivity index (χ0n) is 14.5. The molecule has 0 aliphatic carbocycles. The van der Waals surface area contributed by atoms with Crippen LogP contribution in [0.3, 0.4) is 0 Å². The normalized spacial score (nSPS) is 10.9. The van der Waals surface area contributed by atoms with E-state index in [1.807, 2.05) is 30.3 Å². The fraction of sp³-hybridized carbons (Fsp3) is 0.235. The van der Waals surface area contributed by atoms with Crippen molar-refractivity contribution in [3.05, 3.63) is 51.2 Å². The number of amides is 1. The highest BCUT2D eigenvalue weighted by molar-refractivity contribution is 8.00. The topological polar surface area (TPSA) is 98.9 Å². The lowest BCUT2D eigenvalue weighted by Gasteiger charge is -2.11. The Morgan fingerprint density at radius 2 is 1.81 bits per heavy atom. The monoisotopic (exact) mass is 371 g/mol. The van der Waals surface area contributed by atoms with Crippen LogP contribution in [0.25, 0.3) is 22.4 Å². The number of carbonyl (C=O) groups is 1. The van der Waals surface area contributed by atoms with Crippen LogP contribution in [-0.2, 0) is 18.9 Å². The van der Waals surface area contributed by atoms with Crippen molar-refractivity contribution in [2.75, 3.05) is 12.8 Å². The van der Waals surface area contributed by atoms with E-state index in [0.717, 1.165) is 21.9 Å². The SMILES string of the molecule is CNC(=O)CSc1nc(-c2ccccc2)nc2c1c(=O)n(C)c(=O)n2C. The number of nitrogens with zero attached hydrogens (tertiary/aromatic N) is 4. The molecule has 0 aliphatic rings. The van der Waals surface area contributed by atoms with Crippen molar-refractivity contribution in [3.63, 3.8) is 0 Å². The third-order valence-corrected chi connectivity index (χ3v) is 4.89. The van der Waals surface area contributed by atoms with Gasteiger partial charge >= 0.3 is 5.69 Å². The first-order chi connectivity index (χ1) is 12.4. The van der Waals surface area contributed by atoms with E-state index in [0.29, 0.717) is 10.9 Å². The maximum absolute atomic E-state index is 12.6. The second kappa shape index (κ2) is 7.12. The van der Waals surface area contributed by atoms with Crippen LogP contribution in [0.4, 0.5) is 0 Å². The molecule has 0 saturated heterocycles. The standard InChI is InChI=1S/C17H17N5O3S/c1-18-11(23)9-26-15-12-14(21(2)17(25)22(3)16(12)24)19-13(20-15)10-7-5-4-6-8-10/h4-8H,9H2,1-3H3,(H,18,23). The Kier molecular flexibility index (Phi) is 4.90. The molecule has 1 N–H and O–H groups in total. The molecule has 3 aromatic rings. The molecule has 0 unspecified atom stereocenters. The Hall–Kier alpha value is -2.94. The summed E-state index contributed by atoms with van der Waals surface area (Å²) < 4.78 is 2.33. The van der Waals surface area contributed by atoms with Crippen LogP contribution in [0.1, 0.15) is 0 Å². The molecule has 1 aromatic carbocycles. The van der Waals surface area contributed by atoms with Gasteiger partial charge < -0.3 is 5.32 Å². The Labute approximate surface area is 152 Å². The molecule has 8 nitrogen and oxygen atoms in total. The Balaban J connectivity index is 2.32. The maximum atomic E-state index is 12.6. The summed E-state index contributed by atoms with van der Waals surface area (Å²) in [5.41, 5.74) is 0.0419. The van der Waals surface area contributed by atoms with Gasteiger partial charge in [0.05, 0.1) is 5.75 Å². The minimum Gasteiger partial charge on any atom is -0.358 e. The van der Waals surface area contributed by atoms with Crippen LogP contribution >= 0.6 is 11.8 Å². The first kappa shape index (κ1) is 17.9. The highest BCUT2D eigenvalue weighted by atomic mass is 32.2. The van der Waals surface area contributed by atoms with E-state index >= 15 is 0 Å². The highest BCUT2D eigenvalue weighted by Gasteiger charge is 2.18. The van der Waals surface area contributed by atoms with Gasteiger partial charge in [-0.3, -0.25) is 18.7 Å². The first-order valence-corrected chi connectivity index (χ1v) is 8.79. The van der Waals surface area contributed by atoms with Gasteiger partial charge in [-0.15, -0.1) is 0 Å². The van der Waals surface area contributed by atoms with E-state index in [2.05, 4.69) is 15.3 Å². The van der Waals surface area contributed by atoms with Crippen LogP contribution in [0.2, 0.25) is 0 Å². The molecule has 0 radical (unpaired) electrons. The lowest BCUT2D eigenvalue weighted by molar-refractivity contribution is -0.118. The van der Waals surface area contributed by atoms with Gasteiger partial charge in [0.25, 0.3) is 5.56 Å². The van der Waals surface area contributed by atoms with Crippen molar-refractivity contribution in [2.24, 2.45) is 14.1 Å². The number of hydrogen-bond donors (Lipinski definition) is 1. The number of aryl methyl sites for hydroxylation is 1. The summed E-state index contributed by atoms with van der Waals surface area (Å²) in [7, 11) is 4.50.